The molecule has 3 amide bonds. The van der Waals surface area contributed by atoms with Gasteiger partial charge in [0.1, 0.15) is 5.69 Å². The highest BCUT2D eigenvalue weighted by Crippen LogP contribution is 2.41. The Labute approximate surface area is 231 Å². The van der Waals surface area contributed by atoms with Crippen molar-refractivity contribution in [2.24, 2.45) is 5.92 Å². The van der Waals surface area contributed by atoms with Gasteiger partial charge in [-0.15, -0.1) is 0 Å². The molecule has 0 radical (unpaired) electrons. The summed E-state index contributed by atoms with van der Waals surface area (Å²) in [6.45, 7) is 12.4. The smallest absolute Gasteiger partial charge is 0.381 e. The number of amides is 3. The highest BCUT2D eigenvalue weighted by Gasteiger charge is 2.47. The summed E-state index contributed by atoms with van der Waals surface area (Å²) in [6.07, 6.45) is -1.78. The van der Waals surface area contributed by atoms with E-state index in [1.165, 1.54) is 0 Å². The third kappa shape index (κ3) is 5.40. The molecule has 0 spiro atoms. The van der Waals surface area contributed by atoms with E-state index >= 15 is 0 Å². The van der Waals surface area contributed by atoms with Gasteiger partial charge in [0, 0.05) is 56.7 Å². The number of pyridine rings is 1. The number of fused-ring (bicyclic) bond motifs is 1. The van der Waals surface area contributed by atoms with E-state index in [9.17, 15) is 22.8 Å². The lowest BCUT2D eigenvalue weighted by molar-refractivity contribution is -0.137. The number of piperazine rings is 1. The molecule has 2 aromatic heterocycles. The zero-order valence-corrected chi connectivity index (χ0v) is 23.2. The lowest BCUT2D eigenvalue weighted by Gasteiger charge is -2.47. The first-order chi connectivity index (χ1) is 18.9. The van der Waals surface area contributed by atoms with Crippen molar-refractivity contribution in [1.29, 1.82) is 0 Å². The van der Waals surface area contributed by atoms with Crippen molar-refractivity contribution in [3.8, 4) is 0 Å². The van der Waals surface area contributed by atoms with Crippen molar-refractivity contribution in [2.75, 3.05) is 38.2 Å². The fourth-order valence-corrected chi connectivity index (χ4v) is 5.93. The maximum Gasteiger partial charge on any atom is 0.417 e. The van der Waals surface area contributed by atoms with Crippen LogP contribution < -0.4 is 5.32 Å². The molecule has 3 aliphatic rings. The molecule has 218 valence electrons. The molecule has 40 heavy (non-hydrogen) atoms. The molecule has 0 bridgehead atoms. The number of carbonyl (C=O) groups excluding carboxylic acids is 2. The number of nitrogens with one attached hydrogen (secondary N) is 2. The number of urea groups is 1. The topological polar surface area (TPSA) is 107 Å². The van der Waals surface area contributed by atoms with Gasteiger partial charge in [0.15, 0.2) is 5.82 Å². The molecule has 5 rings (SSSR count). The number of anilines is 1. The van der Waals surface area contributed by atoms with Crippen molar-refractivity contribution >= 4 is 17.8 Å². The number of ether oxygens (including phenoxy) is 1. The minimum absolute atomic E-state index is 0.0290. The fraction of sp³-hybridized carbons (Fsp3) is 0.630. The first-order valence-electron chi connectivity index (χ1n) is 13.7. The molecule has 2 saturated heterocycles. The predicted octanol–water partition coefficient (Wildman–Crippen LogP) is 4.07. The molecule has 2 fully saturated rings. The third-order valence-electron chi connectivity index (χ3n) is 8.45. The number of H-pyrrole nitrogens is 1. The molecule has 0 aliphatic carbocycles. The Bertz CT molecular complexity index is 1240. The van der Waals surface area contributed by atoms with Gasteiger partial charge in [0.2, 0.25) is 0 Å². The average molecular weight is 564 g/mol. The standard InChI is InChI=1S/C27H36F3N7O3/c1-16-13-36(17(2)12-35(16)14-18-7-9-40-10-8-18)25(39)37-15-20-22(26(37,3)4)33-34-23(20)32-24(38)21-6-5-19(11-31-21)27(28,29)30/h5-6,11,16-18H,7-10,12-15H2,1-4H3,(H2,32,33,34,38)/t16-,17+/m1/s1. The number of alkyl halides is 3. The second kappa shape index (κ2) is 10.7. The number of rotatable bonds is 4. The second-order valence-electron chi connectivity index (χ2n) is 11.6. The summed E-state index contributed by atoms with van der Waals surface area (Å²) in [5, 5.41) is 9.82. The molecular formula is C27H36F3N7O3. The Balaban J connectivity index is 1.26. The Hall–Kier alpha value is -3.19. The Morgan fingerprint density at radius 1 is 1.15 bits per heavy atom. The Kier molecular flexibility index (Phi) is 7.55. The molecular weight excluding hydrogens is 527 g/mol. The number of nitrogens with zero attached hydrogens (tertiary/aromatic N) is 5. The quantitative estimate of drug-likeness (QED) is 0.581. The monoisotopic (exact) mass is 563 g/mol. The van der Waals surface area contributed by atoms with Gasteiger partial charge in [0.05, 0.1) is 23.3 Å². The molecule has 2 aromatic rings. The fourth-order valence-electron chi connectivity index (χ4n) is 5.93. The lowest BCUT2D eigenvalue weighted by atomic mass is 9.97. The number of carbonyl (C=O) groups is 2. The van der Waals surface area contributed by atoms with Gasteiger partial charge in [-0.3, -0.25) is 19.8 Å². The van der Waals surface area contributed by atoms with Crippen LogP contribution in [0.5, 0.6) is 0 Å². The van der Waals surface area contributed by atoms with E-state index < -0.39 is 23.2 Å². The minimum Gasteiger partial charge on any atom is -0.381 e. The summed E-state index contributed by atoms with van der Waals surface area (Å²) in [6, 6.07) is 2.00. The van der Waals surface area contributed by atoms with Gasteiger partial charge < -0.3 is 19.9 Å². The van der Waals surface area contributed by atoms with E-state index in [4.69, 9.17) is 4.74 Å². The van der Waals surface area contributed by atoms with Crippen molar-refractivity contribution < 1.29 is 27.5 Å². The molecule has 0 saturated carbocycles. The second-order valence-corrected chi connectivity index (χ2v) is 11.6. The molecule has 10 nitrogen and oxygen atoms in total. The SMILES string of the molecule is C[C@@H]1CN(C(=O)N2Cc3c(NC(=O)c4ccc(C(F)(F)F)cn4)n[nH]c3C2(C)C)[C@@H](C)CN1CC1CCOCC1. The number of hydrogen-bond donors (Lipinski definition) is 2. The summed E-state index contributed by atoms with van der Waals surface area (Å²) in [7, 11) is 0. The van der Waals surface area contributed by atoms with E-state index in [1.54, 1.807) is 4.90 Å². The first kappa shape index (κ1) is 28.3. The van der Waals surface area contributed by atoms with Crippen molar-refractivity contribution in [2.45, 2.75) is 70.9 Å². The summed E-state index contributed by atoms with van der Waals surface area (Å²) < 4.78 is 44.0. The van der Waals surface area contributed by atoms with Gasteiger partial charge in [0.25, 0.3) is 5.91 Å². The van der Waals surface area contributed by atoms with Crippen LogP contribution in [-0.4, -0.2) is 86.8 Å². The zero-order chi connectivity index (χ0) is 28.8. The first-order valence-corrected chi connectivity index (χ1v) is 13.7. The van der Waals surface area contributed by atoms with Crippen LogP contribution in [0, 0.1) is 5.92 Å². The lowest BCUT2D eigenvalue weighted by Crippen LogP contribution is -2.62. The number of aromatic amines is 1. The third-order valence-corrected chi connectivity index (χ3v) is 8.45. The van der Waals surface area contributed by atoms with E-state index in [-0.39, 0.29) is 36.2 Å². The van der Waals surface area contributed by atoms with E-state index in [0.29, 0.717) is 29.9 Å². The van der Waals surface area contributed by atoms with Crippen LogP contribution in [-0.2, 0) is 23.0 Å². The average Bonchev–Trinajstić information content (AvgIpc) is 3.43. The Morgan fingerprint density at radius 3 is 2.52 bits per heavy atom. The minimum atomic E-state index is -4.54. The largest absolute Gasteiger partial charge is 0.417 e. The van der Waals surface area contributed by atoms with Crippen molar-refractivity contribution in [3.63, 3.8) is 0 Å². The van der Waals surface area contributed by atoms with Gasteiger partial charge in [-0.25, -0.2) is 4.79 Å². The maximum absolute atomic E-state index is 13.9. The van der Waals surface area contributed by atoms with Gasteiger partial charge >= 0.3 is 12.2 Å². The molecule has 13 heteroatoms. The van der Waals surface area contributed by atoms with Gasteiger partial charge in [-0.1, -0.05) is 0 Å². The summed E-state index contributed by atoms with van der Waals surface area (Å²) in [5.41, 5.74) is -0.449. The van der Waals surface area contributed by atoms with Crippen molar-refractivity contribution in [3.05, 3.63) is 40.8 Å². The van der Waals surface area contributed by atoms with Crippen LogP contribution >= 0.6 is 0 Å². The zero-order valence-electron chi connectivity index (χ0n) is 23.2. The molecule has 3 aliphatic heterocycles. The normalized spacial score (nSPS) is 23.8. The summed E-state index contributed by atoms with van der Waals surface area (Å²) in [4.78, 5) is 36.5. The van der Waals surface area contributed by atoms with Crippen LogP contribution in [0.4, 0.5) is 23.8 Å². The molecule has 2 N–H and O–H groups in total. The Morgan fingerprint density at radius 2 is 1.88 bits per heavy atom. The summed E-state index contributed by atoms with van der Waals surface area (Å²) in [5.74, 6) is 0.161. The number of halogens is 3. The van der Waals surface area contributed by atoms with Crippen LogP contribution in [0.15, 0.2) is 18.3 Å². The molecule has 5 heterocycles. The molecule has 0 unspecified atom stereocenters. The summed E-state index contributed by atoms with van der Waals surface area (Å²) >= 11 is 0. The van der Waals surface area contributed by atoms with Crippen LogP contribution in [0.3, 0.4) is 0 Å². The highest BCUT2D eigenvalue weighted by atomic mass is 19.4. The van der Waals surface area contributed by atoms with Crippen LogP contribution in [0.2, 0.25) is 0 Å². The van der Waals surface area contributed by atoms with Crippen LogP contribution in [0.25, 0.3) is 0 Å². The van der Waals surface area contributed by atoms with Crippen LogP contribution in [0.1, 0.15) is 67.8 Å². The maximum atomic E-state index is 13.9. The number of hydrogen-bond acceptors (Lipinski definition) is 6. The van der Waals surface area contributed by atoms with E-state index in [0.717, 1.165) is 51.3 Å². The van der Waals surface area contributed by atoms with Gasteiger partial charge in [-0.05, 0) is 58.6 Å². The molecule has 2 atom stereocenters. The van der Waals surface area contributed by atoms with E-state index in [2.05, 4.69) is 39.2 Å². The number of aromatic nitrogens is 3. The predicted molar refractivity (Wildman–Crippen MR) is 140 cm³/mol. The van der Waals surface area contributed by atoms with E-state index in [1.807, 2.05) is 18.7 Å². The van der Waals surface area contributed by atoms with Gasteiger partial charge in [-0.2, -0.15) is 18.3 Å². The molecule has 0 aromatic carbocycles. The highest BCUT2D eigenvalue weighted by molar-refractivity contribution is 6.02. The van der Waals surface area contributed by atoms with Crippen molar-refractivity contribution in [1.82, 2.24) is 29.9 Å².